The molecule has 4 unspecified atom stereocenters. The minimum atomic E-state index is -1.71. The number of imide groups is 1. The molecule has 44 heavy (non-hydrogen) atoms. The first-order valence-electron chi connectivity index (χ1n) is 14.7. The van der Waals surface area contributed by atoms with E-state index < -0.39 is 35.3 Å². The zero-order valence-corrected chi connectivity index (χ0v) is 24.1. The summed E-state index contributed by atoms with van der Waals surface area (Å²) < 4.78 is 0. The molecule has 5 aromatic rings. The van der Waals surface area contributed by atoms with Crippen LogP contribution < -0.4 is 10.2 Å². The Hall–Kier alpha value is -5.27. The smallest absolute Gasteiger partial charge is 0.325 e. The van der Waals surface area contributed by atoms with Gasteiger partial charge in [0.2, 0.25) is 11.8 Å². The highest BCUT2D eigenvalue weighted by atomic mass is 16.4. The zero-order valence-electron chi connectivity index (χ0n) is 24.1. The SMILES string of the molecule is Cc1ccccc1N1C(=O)C2C(c3ccc(C=Cc4ccccc4)cc3)NC(Cc3c[nH]c4ccccc34)(C(=O)O)C2C1=O. The van der Waals surface area contributed by atoms with E-state index in [9.17, 15) is 19.5 Å². The van der Waals surface area contributed by atoms with Crippen molar-refractivity contribution in [3.05, 3.63) is 137 Å². The highest BCUT2D eigenvalue weighted by Crippen LogP contribution is 2.51. The minimum Gasteiger partial charge on any atom is -0.480 e. The van der Waals surface area contributed by atoms with E-state index in [1.807, 2.05) is 110 Å². The Kier molecular flexibility index (Phi) is 6.75. The van der Waals surface area contributed by atoms with Gasteiger partial charge < -0.3 is 10.1 Å². The predicted octanol–water partition coefficient (Wildman–Crippen LogP) is 6.16. The molecule has 3 N–H and O–H groups in total. The number of H-pyrrole nitrogens is 1. The molecule has 3 heterocycles. The third-order valence-electron chi connectivity index (χ3n) is 9.10. The molecule has 1 aromatic heterocycles. The lowest BCUT2D eigenvalue weighted by atomic mass is 9.76. The van der Waals surface area contributed by atoms with Gasteiger partial charge in [0, 0.05) is 29.6 Å². The molecule has 4 aromatic carbocycles. The van der Waals surface area contributed by atoms with Crippen LogP contribution in [0.2, 0.25) is 0 Å². The summed E-state index contributed by atoms with van der Waals surface area (Å²) in [5.41, 5.74) is 3.99. The normalized spacial score (nSPS) is 23.1. The minimum absolute atomic E-state index is 0.0303. The van der Waals surface area contributed by atoms with Crippen LogP contribution in [0, 0.1) is 18.8 Å². The second-order valence-corrected chi connectivity index (χ2v) is 11.6. The van der Waals surface area contributed by atoms with Crippen molar-refractivity contribution in [1.29, 1.82) is 0 Å². The standard InChI is InChI=1S/C37H31N3O4/c1-23-9-5-8-14-30(23)40-34(41)31-32(35(40)42)37(36(43)44,21-27-22-38-29-13-7-6-12-28(27)29)39-33(31)26-19-17-25(18-20-26)16-15-24-10-3-2-4-11-24/h2-20,22,31-33,38-39H,21H2,1H3,(H,43,44). The molecular weight excluding hydrogens is 550 g/mol. The summed E-state index contributed by atoms with van der Waals surface area (Å²) in [4.78, 5) is 46.4. The largest absolute Gasteiger partial charge is 0.480 e. The van der Waals surface area contributed by atoms with Crippen LogP contribution in [-0.4, -0.2) is 33.4 Å². The second kappa shape index (κ2) is 10.8. The molecule has 7 nitrogen and oxygen atoms in total. The number of aromatic nitrogens is 1. The maximum Gasteiger partial charge on any atom is 0.325 e. The number of anilines is 1. The fourth-order valence-electron chi connectivity index (χ4n) is 6.93. The summed E-state index contributed by atoms with van der Waals surface area (Å²) in [6.07, 6.45) is 5.86. The Labute approximate surface area is 254 Å². The van der Waals surface area contributed by atoms with Crippen molar-refractivity contribution >= 4 is 46.5 Å². The van der Waals surface area contributed by atoms with E-state index in [1.165, 1.54) is 4.90 Å². The Morgan fingerprint density at radius 2 is 1.50 bits per heavy atom. The van der Waals surface area contributed by atoms with E-state index in [1.54, 1.807) is 18.3 Å². The molecule has 4 atom stereocenters. The van der Waals surface area contributed by atoms with Crippen LogP contribution in [0.5, 0.6) is 0 Å². The number of aryl methyl sites for hydroxylation is 1. The molecule has 2 aliphatic rings. The number of benzene rings is 4. The topological polar surface area (TPSA) is 102 Å². The van der Waals surface area contributed by atoms with E-state index in [0.717, 1.165) is 38.7 Å². The number of rotatable bonds is 7. The van der Waals surface area contributed by atoms with Crippen LogP contribution in [0.3, 0.4) is 0 Å². The number of carboxylic acid groups (broad SMARTS) is 1. The quantitative estimate of drug-likeness (QED) is 0.158. The second-order valence-electron chi connectivity index (χ2n) is 11.6. The van der Waals surface area contributed by atoms with Crippen molar-refractivity contribution in [2.75, 3.05) is 4.90 Å². The van der Waals surface area contributed by atoms with E-state index in [0.29, 0.717) is 5.69 Å². The van der Waals surface area contributed by atoms with E-state index in [-0.39, 0.29) is 12.3 Å². The summed E-state index contributed by atoms with van der Waals surface area (Å²) in [6.45, 7) is 1.85. The fourth-order valence-corrected chi connectivity index (χ4v) is 6.93. The van der Waals surface area contributed by atoms with Crippen LogP contribution in [0.1, 0.15) is 33.9 Å². The van der Waals surface area contributed by atoms with Gasteiger partial charge in [-0.1, -0.05) is 103 Å². The molecule has 2 aliphatic heterocycles. The number of aromatic amines is 1. The van der Waals surface area contributed by atoms with Gasteiger partial charge in [-0.05, 0) is 46.9 Å². The average molecular weight is 582 g/mol. The lowest BCUT2D eigenvalue weighted by Gasteiger charge is -2.31. The Morgan fingerprint density at radius 1 is 0.841 bits per heavy atom. The van der Waals surface area contributed by atoms with Crippen LogP contribution in [-0.2, 0) is 20.8 Å². The molecule has 0 spiro atoms. The fraction of sp³-hybridized carbons (Fsp3) is 0.162. The first kappa shape index (κ1) is 27.6. The van der Waals surface area contributed by atoms with E-state index >= 15 is 0 Å². The number of hydrogen-bond donors (Lipinski definition) is 3. The molecule has 0 bridgehead atoms. The highest BCUT2D eigenvalue weighted by molar-refractivity contribution is 6.24. The van der Waals surface area contributed by atoms with Gasteiger partial charge >= 0.3 is 5.97 Å². The molecule has 2 saturated heterocycles. The van der Waals surface area contributed by atoms with Crippen molar-refractivity contribution in [2.24, 2.45) is 11.8 Å². The van der Waals surface area contributed by atoms with Gasteiger partial charge in [-0.25, -0.2) is 4.90 Å². The number of para-hydroxylation sites is 2. The number of carbonyl (C=O) groups excluding carboxylic acids is 2. The van der Waals surface area contributed by atoms with Crippen molar-refractivity contribution in [3.63, 3.8) is 0 Å². The van der Waals surface area contributed by atoms with Gasteiger partial charge in [0.05, 0.1) is 17.5 Å². The lowest BCUT2D eigenvalue weighted by molar-refractivity contribution is -0.148. The van der Waals surface area contributed by atoms with Gasteiger partial charge in [0.1, 0.15) is 5.54 Å². The van der Waals surface area contributed by atoms with Gasteiger partial charge in [0.25, 0.3) is 0 Å². The number of aliphatic carboxylic acids is 1. The maximum atomic E-state index is 14.3. The Morgan fingerprint density at radius 3 is 2.23 bits per heavy atom. The van der Waals surface area contributed by atoms with Gasteiger partial charge in [-0.3, -0.25) is 19.7 Å². The van der Waals surface area contributed by atoms with Gasteiger partial charge in [0.15, 0.2) is 0 Å². The molecule has 218 valence electrons. The van der Waals surface area contributed by atoms with Crippen molar-refractivity contribution in [2.45, 2.75) is 24.9 Å². The summed E-state index contributed by atoms with van der Waals surface area (Å²) in [5.74, 6) is -4.04. The highest BCUT2D eigenvalue weighted by Gasteiger charge is 2.68. The van der Waals surface area contributed by atoms with Crippen molar-refractivity contribution < 1.29 is 19.5 Å². The number of hydrogen-bond acceptors (Lipinski definition) is 4. The number of amides is 2. The summed E-state index contributed by atoms with van der Waals surface area (Å²) in [6, 6.07) is 31.9. The molecular formula is C37H31N3O4. The third-order valence-corrected chi connectivity index (χ3v) is 9.10. The number of fused-ring (bicyclic) bond motifs is 2. The zero-order chi connectivity index (χ0) is 30.4. The van der Waals surface area contributed by atoms with Crippen LogP contribution in [0.15, 0.2) is 109 Å². The number of carbonyl (C=O) groups is 3. The van der Waals surface area contributed by atoms with E-state index in [2.05, 4.69) is 10.3 Å². The number of nitrogens with zero attached hydrogens (tertiary/aromatic N) is 1. The molecule has 0 saturated carbocycles. The summed E-state index contributed by atoms with van der Waals surface area (Å²) in [7, 11) is 0. The van der Waals surface area contributed by atoms with Crippen molar-refractivity contribution in [1.82, 2.24) is 10.3 Å². The third kappa shape index (κ3) is 4.44. The predicted molar refractivity (Wildman–Crippen MR) is 171 cm³/mol. The van der Waals surface area contributed by atoms with Crippen LogP contribution in [0.25, 0.3) is 23.1 Å². The van der Waals surface area contributed by atoms with Gasteiger partial charge in [-0.2, -0.15) is 0 Å². The van der Waals surface area contributed by atoms with Crippen molar-refractivity contribution in [3.8, 4) is 0 Å². The first-order valence-corrected chi connectivity index (χ1v) is 14.7. The summed E-state index contributed by atoms with van der Waals surface area (Å²) >= 11 is 0. The maximum absolute atomic E-state index is 14.3. The molecule has 7 rings (SSSR count). The van der Waals surface area contributed by atoms with Crippen LogP contribution in [0.4, 0.5) is 5.69 Å². The average Bonchev–Trinajstić information content (AvgIpc) is 3.69. The number of carboxylic acids is 1. The molecule has 2 amide bonds. The molecule has 7 heteroatoms. The monoisotopic (exact) mass is 581 g/mol. The molecule has 0 aliphatic carbocycles. The van der Waals surface area contributed by atoms with Crippen LogP contribution >= 0.6 is 0 Å². The molecule has 2 fully saturated rings. The Bertz CT molecular complexity index is 1930. The number of nitrogens with one attached hydrogen (secondary N) is 2. The van der Waals surface area contributed by atoms with E-state index in [4.69, 9.17) is 0 Å². The first-order chi connectivity index (χ1) is 21.4. The molecule has 0 radical (unpaired) electrons. The summed E-state index contributed by atoms with van der Waals surface area (Å²) in [5, 5.41) is 15.2. The van der Waals surface area contributed by atoms with Gasteiger partial charge in [-0.15, -0.1) is 0 Å². The lowest BCUT2D eigenvalue weighted by Crippen LogP contribution is -2.57. The Balaban J connectivity index is 1.31.